The van der Waals surface area contributed by atoms with E-state index in [1.54, 1.807) is 33.2 Å². The standard InChI is InChI=1S/C18H19ClFN7O2S/c1-10-14(15(19)27(3)24-10)16(28)26(2)9-13-22-18(30-25-13)23-17(29)21-8-11-5-4-6-12(20)7-11/h4-7H,8-9H2,1-3H3,(H2,21,22,23,25,29). The molecule has 158 valence electrons. The molecule has 0 spiro atoms. The van der Waals surface area contributed by atoms with E-state index in [0.717, 1.165) is 11.5 Å². The summed E-state index contributed by atoms with van der Waals surface area (Å²) >= 11 is 7.14. The van der Waals surface area contributed by atoms with E-state index < -0.39 is 6.03 Å². The van der Waals surface area contributed by atoms with Gasteiger partial charge in [0.15, 0.2) is 5.82 Å². The summed E-state index contributed by atoms with van der Waals surface area (Å²) in [5.41, 5.74) is 1.49. The van der Waals surface area contributed by atoms with Crippen molar-refractivity contribution in [3.05, 3.63) is 57.9 Å². The molecule has 0 fully saturated rings. The molecule has 0 aliphatic rings. The van der Waals surface area contributed by atoms with Crippen molar-refractivity contribution in [1.82, 2.24) is 29.4 Å². The first-order valence-corrected chi connectivity index (χ1v) is 9.96. The number of nitrogens with one attached hydrogen (secondary N) is 2. The van der Waals surface area contributed by atoms with Gasteiger partial charge in [-0.05, 0) is 24.6 Å². The fraction of sp³-hybridized carbons (Fsp3) is 0.278. The molecule has 1 aromatic carbocycles. The second-order valence-electron chi connectivity index (χ2n) is 6.49. The maximum Gasteiger partial charge on any atom is 0.321 e. The Labute approximate surface area is 181 Å². The van der Waals surface area contributed by atoms with Crippen LogP contribution in [0.2, 0.25) is 5.15 Å². The number of hydrogen-bond acceptors (Lipinski definition) is 6. The van der Waals surface area contributed by atoms with Gasteiger partial charge in [0.2, 0.25) is 5.13 Å². The van der Waals surface area contributed by atoms with E-state index in [9.17, 15) is 14.0 Å². The summed E-state index contributed by atoms with van der Waals surface area (Å²) in [6, 6.07) is 5.45. The number of hydrogen-bond donors (Lipinski definition) is 2. The number of rotatable bonds is 6. The van der Waals surface area contributed by atoms with Crippen molar-refractivity contribution in [3.8, 4) is 0 Å². The number of carbonyl (C=O) groups excluding carboxylic acids is 2. The predicted octanol–water partition coefficient (Wildman–Crippen LogP) is 2.97. The highest BCUT2D eigenvalue weighted by molar-refractivity contribution is 7.09. The van der Waals surface area contributed by atoms with Crippen LogP contribution in [0.4, 0.5) is 14.3 Å². The third kappa shape index (κ3) is 5.10. The fourth-order valence-corrected chi connectivity index (χ4v) is 3.52. The van der Waals surface area contributed by atoms with E-state index in [0.29, 0.717) is 22.6 Å². The van der Waals surface area contributed by atoms with Gasteiger partial charge in [0.1, 0.15) is 11.0 Å². The summed E-state index contributed by atoms with van der Waals surface area (Å²) in [5, 5.41) is 9.85. The number of anilines is 1. The van der Waals surface area contributed by atoms with Gasteiger partial charge in [-0.25, -0.2) is 14.2 Å². The van der Waals surface area contributed by atoms with Crippen molar-refractivity contribution in [3.63, 3.8) is 0 Å². The molecule has 30 heavy (non-hydrogen) atoms. The second-order valence-corrected chi connectivity index (χ2v) is 7.60. The number of aromatic nitrogens is 4. The molecule has 2 N–H and O–H groups in total. The van der Waals surface area contributed by atoms with Crippen molar-refractivity contribution in [2.24, 2.45) is 7.05 Å². The molecule has 3 rings (SSSR count). The smallest absolute Gasteiger partial charge is 0.321 e. The van der Waals surface area contributed by atoms with Crippen LogP contribution >= 0.6 is 23.1 Å². The Bertz CT molecular complexity index is 1080. The molecule has 12 heteroatoms. The fourth-order valence-electron chi connectivity index (χ4n) is 2.69. The SMILES string of the molecule is Cc1nn(C)c(Cl)c1C(=O)N(C)Cc1nsc(NC(=O)NCc2cccc(F)c2)n1. The van der Waals surface area contributed by atoms with Crippen LogP contribution in [0.15, 0.2) is 24.3 Å². The number of carbonyl (C=O) groups is 2. The van der Waals surface area contributed by atoms with Gasteiger partial charge < -0.3 is 10.2 Å². The van der Waals surface area contributed by atoms with Crippen LogP contribution in [0.1, 0.15) is 27.4 Å². The lowest BCUT2D eigenvalue weighted by Crippen LogP contribution is -2.28. The predicted molar refractivity (Wildman–Crippen MR) is 111 cm³/mol. The van der Waals surface area contributed by atoms with Crippen molar-refractivity contribution < 1.29 is 14.0 Å². The van der Waals surface area contributed by atoms with Crippen molar-refractivity contribution in [1.29, 1.82) is 0 Å². The van der Waals surface area contributed by atoms with Crippen LogP contribution in [0.5, 0.6) is 0 Å². The normalized spacial score (nSPS) is 10.7. The van der Waals surface area contributed by atoms with Crippen LogP contribution < -0.4 is 10.6 Å². The summed E-state index contributed by atoms with van der Waals surface area (Å²) in [4.78, 5) is 30.3. The minimum absolute atomic E-state index is 0.132. The molecule has 0 atom stereocenters. The number of nitrogens with zero attached hydrogens (tertiary/aromatic N) is 5. The van der Waals surface area contributed by atoms with E-state index >= 15 is 0 Å². The molecule has 9 nitrogen and oxygen atoms in total. The average molecular weight is 452 g/mol. The minimum Gasteiger partial charge on any atom is -0.334 e. The Hall–Kier alpha value is -3.05. The largest absolute Gasteiger partial charge is 0.334 e. The molecule has 0 radical (unpaired) electrons. The Morgan fingerprint density at radius 3 is 2.80 bits per heavy atom. The summed E-state index contributed by atoms with van der Waals surface area (Å²) in [6.07, 6.45) is 0. The van der Waals surface area contributed by atoms with Crippen LogP contribution in [0, 0.1) is 12.7 Å². The lowest BCUT2D eigenvalue weighted by atomic mass is 10.2. The van der Waals surface area contributed by atoms with Crippen molar-refractivity contribution >= 4 is 40.2 Å². The van der Waals surface area contributed by atoms with Crippen molar-refractivity contribution in [2.45, 2.75) is 20.0 Å². The summed E-state index contributed by atoms with van der Waals surface area (Å²) < 4.78 is 18.8. The molecule has 0 unspecified atom stereocenters. The topological polar surface area (TPSA) is 105 Å². The van der Waals surface area contributed by atoms with E-state index in [2.05, 4.69) is 25.1 Å². The van der Waals surface area contributed by atoms with Gasteiger partial charge >= 0.3 is 6.03 Å². The Morgan fingerprint density at radius 1 is 1.37 bits per heavy atom. The van der Waals surface area contributed by atoms with E-state index in [1.165, 1.54) is 21.7 Å². The van der Waals surface area contributed by atoms with Crippen LogP contribution in [0.3, 0.4) is 0 Å². The first-order valence-electron chi connectivity index (χ1n) is 8.81. The number of aryl methyl sites for hydroxylation is 2. The van der Waals surface area contributed by atoms with Gasteiger partial charge in [0.25, 0.3) is 5.91 Å². The number of urea groups is 1. The molecule has 3 aromatic rings. The zero-order chi connectivity index (χ0) is 21.8. The van der Waals surface area contributed by atoms with Crippen LogP contribution in [0.25, 0.3) is 0 Å². The maximum absolute atomic E-state index is 13.2. The number of amides is 3. The molecule has 2 heterocycles. The quantitative estimate of drug-likeness (QED) is 0.599. The molecule has 0 saturated heterocycles. The highest BCUT2D eigenvalue weighted by Crippen LogP contribution is 2.21. The minimum atomic E-state index is -0.496. The van der Waals surface area contributed by atoms with Crippen molar-refractivity contribution in [2.75, 3.05) is 12.4 Å². The lowest BCUT2D eigenvalue weighted by Gasteiger charge is -2.15. The van der Waals surface area contributed by atoms with Crippen LogP contribution in [-0.4, -0.2) is 43.0 Å². The highest BCUT2D eigenvalue weighted by Gasteiger charge is 2.23. The molecular weight excluding hydrogens is 433 g/mol. The Balaban J connectivity index is 1.55. The lowest BCUT2D eigenvalue weighted by molar-refractivity contribution is 0.0781. The van der Waals surface area contributed by atoms with Gasteiger partial charge in [-0.2, -0.15) is 9.47 Å². The number of halogens is 2. The molecule has 0 saturated carbocycles. The summed E-state index contributed by atoms with van der Waals surface area (Å²) in [5.74, 6) is -0.304. The van der Waals surface area contributed by atoms with Gasteiger partial charge in [0, 0.05) is 32.2 Å². The maximum atomic E-state index is 13.2. The molecule has 0 bridgehead atoms. The van der Waals surface area contributed by atoms with Gasteiger partial charge in [-0.15, -0.1) is 0 Å². The first-order chi connectivity index (χ1) is 14.2. The van der Waals surface area contributed by atoms with Gasteiger partial charge in [-0.3, -0.25) is 14.8 Å². The second kappa shape index (κ2) is 9.18. The zero-order valence-electron chi connectivity index (χ0n) is 16.4. The monoisotopic (exact) mass is 451 g/mol. The summed E-state index contributed by atoms with van der Waals surface area (Å²) in [7, 11) is 3.26. The zero-order valence-corrected chi connectivity index (χ0v) is 18.0. The van der Waals surface area contributed by atoms with Gasteiger partial charge in [0.05, 0.1) is 17.8 Å². The third-order valence-electron chi connectivity index (χ3n) is 4.12. The third-order valence-corrected chi connectivity index (χ3v) is 5.22. The Kier molecular flexibility index (Phi) is 6.63. The number of benzene rings is 1. The van der Waals surface area contributed by atoms with Gasteiger partial charge in [-0.1, -0.05) is 23.7 Å². The van der Waals surface area contributed by atoms with E-state index in [1.807, 2.05) is 0 Å². The molecule has 0 aliphatic carbocycles. The first kappa shape index (κ1) is 21.7. The average Bonchev–Trinajstić information content (AvgIpc) is 3.22. The molecular formula is C18H19ClFN7O2S. The van der Waals surface area contributed by atoms with E-state index in [-0.39, 0.29) is 35.1 Å². The molecule has 2 aromatic heterocycles. The highest BCUT2D eigenvalue weighted by atomic mass is 35.5. The summed E-state index contributed by atoms with van der Waals surface area (Å²) in [6.45, 7) is 2.00. The molecule has 0 aliphatic heterocycles. The Morgan fingerprint density at radius 2 is 2.13 bits per heavy atom. The van der Waals surface area contributed by atoms with E-state index in [4.69, 9.17) is 11.6 Å². The van der Waals surface area contributed by atoms with Crippen LogP contribution in [-0.2, 0) is 20.1 Å². The molecule has 3 amide bonds.